The largest absolute Gasteiger partial charge is 0.334 e. The molecular formula is C14H18Cl2N2O3S. The van der Waals surface area contributed by atoms with Crippen molar-refractivity contribution in [2.75, 3.05) is 19.3 Å². The summed E-state index contributed by atoms with van der Waals surface area (Å²) in [6.07, 6.45) is 3.73. The quantitative estimate of drug-likeness (QED) is 0.892. The molecule has 1 N–H and O–H groups in total. The summed E-state index contributed by atoms with van der Waals surface area (Å²) in [6.45, 7) is 0.809. The van der Waals surface area contributed by atoms with Gasteiger partial charge in [0.05, 0.1) is 16.8 Å². The van der Waals surface area contributed by atoms with Gasteiger partial charge in [-0.3, -0.25) is 4.79 Å². The highest BCUT2D eigenvalue weighted by Gasteiger charge is 2.29. The molecule has 1 heterocycles. The van der Waals surface area contributed by atoms with Crippen molar-refractivity contribution in [3.8, 4) is 0 Å². The molecule has 122 valence electrons. The van der Waals surface area contributed by atoms with Gasteiger partial charge in [0.25, 0.3) is 5.91 Å². The Labute approximate surface area is 140 Å². The average molecular weight is 365 g/mol. The Balaban J connectivity index is 2.17. The zero-order valence-corrected chi connectivity index (χ0v) is 14.5. The lowest BCUT2D eigenvalue weighted by Gasteiger charge is -2.36. The minimum absolute atomic E-state index is 0.164. The van der Waals surface area contributed by atoms with Gasteiger partial charge in [-0.25, -0.2) is 13.1 Å². The number of halogens is 2. The average Bonchev–Trinajstić information content (AvgIpc) is 2.44. The Hall–Kier alpha value is -0.820. The summed E-state index contributed by atoms with van der Waals surface area (Å²) in [5.41, 5.74) is 0.386. The molecule has 1 atom stereocenters. The number of carbonyl (C=O) groups excluding carboxylic acids is 1. The molecule has 1 amide bonds. The number of nitrogens with zero attached hydrogens (tertiary/aromatic N) is 1. The van der Waals surface area contributed by atoms with Crippen LogP contribution in [0.5, 0.6) is 0 Å². The fraction of sp³-hybridized carbons (Fsp3) is 0.500. The molecule has 1 unspecified atom stereocenters. The molecule has 1 aliphatic rings. The van der Waals surface area contributed by atoms with Gasteiger partial charge in [-0.2, -0.15) is 0 Å². The number of hydrogen-bond acceptors (Lipinski definition) is 3. The molecular weight excluding hydrogens is 347 g/mol. The van der Waals surface area contributed by atoms with Crippen LogP contribution in [0.3, 0.4) is 0 Å². The maximum atomic E-state index is 12.7. The second kappa shape index (κ2) is 7.17. The van der Waals surface area contributed by atoms with Crippen LogP contribution in [0.25, 0.3) is 0 Å². The standard InChI is InChI=1S/C14H18Cl2N2O3S/c1-22(20,21)17-9-11-4-2-3-7-18(11)14(19)12-6-5-10(15)8-13(12)16/h5-6,8,11,17H,2-4,7,9H2,1H3. The second-order valence-corrected chi connectivity index (χ2v) is 8.07. The molecule has 0 radical (unpaired) electrons. The SMILES string of the molecule is CS(=O)(=O)NCC1CCCCN1C(=O)c1ccc(Cl)cc1Cl. The van der Waals surface area contributed by atoms with E-state index in [9.17, 15) is 13.2 Å². The van der Waals surface area contributed by atoms with Crippen LogP contribution in [-0.2, 0) is 10.0 Å². The summed E-state index contributed by atoms with van der Waals surface area (Å²) < 4.78 is 25.0. The first-order valence-corrected chi connectivity index (χ1v) is 9.63. The number of carbonyl (C=O) groups is 1. The first kappa shape index (κ1) is 17.5. The van der Waals surface area contributed by atoms with Crippen molar-refractivity contribution in [3.63, 3.8) is 0 Å². The van der Waals surface area contributed by atoms with Crippen molar-refractivity contribution in [3.05, 3.63) is 33.8 Å². The van der Waals surface area contributed by atoms with Crippen LogP contribution < -0.4 is 4.72 Å². The molecule has 1 saturated heterocycles. The molecule has 1 fully saturated rings. The smallest absolute Gasteiger partial charge is 0.255 e. The molecule has 5 nitrogen and oxygen atoms in total. The molecule has 0 aliphatic carbocycles. The molecule has 0 bridgehead atoms. The van der Waals surface area contributed by atoms with Crippen LogP contribution in [0.4, 0.5) is 0 Å². The number of benzene rings is 1. The molecule has 0 saturated carbocycles. The maximum Gasteiger partial charge on any atom is 0.255 e. The van der Waals surface area contributed by atoms with Crippen LogP contribution >= 0.6 is 23.2 Å². The summed E-state index contributed by atoms with van der Waals surface area (Å²) in [7, 11) is -3.28. The van der Waals surface area contributed by atoms with Crippen LogP contribution in [0, 0.1) is 0 Å². The van der Waals surface area contributed by atoms with Gasteiger partial charge in [0.15, 0.2) is 0 Å². The van der Waals surface area contributed by atoms with Crippen LogP contribution in [0.1, 0.15) is 29.6 Å². The molecule has 1 aromatic carbocycles. The number of sulfonamides is 1. The minimum atomic E-state index is -3.28. The van der Waals surface area contributed by atoms with E-state index >= 15 is 0 Å². The van der Waals surface area contributed by atoms with Crippen molar-refractivity contribution >= 4 is 39.1 Å². The molecule has 0 aromatic heterocycles. The van der Waals surface area contributed by atoms with Crippen LogP contribution in [0.2, 0.25) is 10.0 Å². The van der Waals surface area contributed by atoms with E-state index in [0.717, 1.165) is 25.5 Å². The number of piperidine rings is 1. The lowest BCUT2D eigenvalue weighted by molar-refractivity contribution is 0.0619. The molecule has 1 aromatic rings. The number of nitrogens with one attached hydrogen (secondary N) is 1. The van der Waals surface area contributed by atoms with Crippen molar-refractivity contribution < 1.29 is 13.2 Å². The first-order valence-electron chi connectivity index (χ1n) is 6.98. The Morgan fingerprint density at radius 1 is 1.36 bits per heavy atom. The number of likely N-dealkylation sites (tertiary alicyclic amines) is 1. The fourth-order valence-corrected chi connectivity index (χ4v) is 3.53. The minimum Gasteiger partial charge on any atom is -0.334 e. The first-order chi connectivity index (χ1) is 10.3. The monoisotopic (exact) mass is 364 g/mol. The summed E-state index contributed by atoms with van der Waals surface area (Å²) in [6, 6.07) is 4.59. The van der Waals surface area contributed by atoms with Gasteiger partial charge in [-0.1, -0.05) is 23.2 Å². The highest BCUT2D eigenvalue weighted by Crippen LogP contribution is 2.25. The predicted molar refractivity (Wildman–Crippen MR) is 88.0 cm³/mol. The molecule has 1 aliphatic heterocycles. The third-order valence-corrected chi connectivity index (χ3v) is 4.87. The van der Waals surface area contributed by atoms with Gasteiger partial charge in [-0.15, -0.1) is 0 Å². The third-order valence-electron chi connectivity index (χ3n) is 3.63. The highest BCUT2D eigenvalue weighted by molar-refractivity contribution is 7.88. The van der Waals surface area contributed by atoms with Crippen molar-refractivity contribution in [1.82, 2.24) is 9.62 Å². The Morgan fingerprint density at radius 3 is 2.73 bits per heavy atom. The Bertz CT molecular complexity index is 664. The summed E-state index contributed by atoms with van der Waals surface area (Å²) >= 11 is 11.9. The van der Waals surface area contributed by atoms with Crippen LogP contribution in [-0.4, -0.2) is 44.6 Å². The van der Waals surface area contributed by atoms with Gasteiger partial charge in [-0.05, 0) is 37.5 Å². The second-order valence-electron chi connectivity index (χ2n) is 5.39. The van der Waals surface area contributed by atoms with E-state index in [1.807, 2.05) is 0 Å². The summed E-state index contributed by atoms with van der Waals surface area (Å²) in [5, 5.41) is 0.772. The topological polar surface area (TPSA) is 66.5 Å². The molecule has 8 heteroatoms. The van der Waals surface area contributed by atoms with E-state index < -0.39 is 10.0 Å². The number of hydrogen-bond donors (Lipinski definition) is 1. The lowest BCUT2D eigenvalue weighted by Crippen LogP contribution is -2.49. The molecule has 0 spiro atoms. The maximum absolute atomic E-state index is 12.7. The summed E-state index contributed by atoms with van der Waals surface area (Å²) in [4.78, 5) is 14.4. The van der Waals surface area contributed by atoms with E-state index in [4.69, 9.17) is 23.2 Å². The van der Waals surface area contributed by atoms with Gasteiger partial charge in [0, 0.05) is 24.2 Å². The van der Waals surface area contributed by atoms with Gasteiger partial charge in [0.1, 0.15) is 0 Å². The van der Waals surface area contributed by atoms with Gasteiger partial charge in [0.2, 0.25) is 10.0 Å². The lowest BCUT2D eigenvalue weighted by atomic mass is 10.0. The van der Waals surface area contributed by atoms with Gasteiger partial charge < -0.3 is 4.90 Å². The van der Waals surface area contributed by atoms with E-state index in [0.29, 0.717) is 22.2 Å². The zero-order valence-electron chi connectivity index (χ0n) is 12.2. The number of rotatable bonds is 4. The van der Waals surface area contributed by atoms with E-state index in [-0.39, 0.29) is 18.5 Å². The summed E-state index contributed by atoms with van der Waals surface area (Å²) in [5.74, 6) is -0.193. The van der Waals surface area contributed by atoms with Crippen LogP contribution in [0.15, 0.2) is 18.2 Å². The van der Waals surface area contributed by atoms with Crippen molar-refractivity contribution in [1.29, 1.82) is 0 Å². The fourth-order valence-electron chi connectivity index (χ4n) is 2.55. The van der Waals surface area contributed by atoms with Crippen molar-refractivity contribution in [2.24, 2.45) is 0 Å². The van der Waals surface area contributed by atoms with Gasteiger partial charge >= 0.3 is 0 Å². The zero-order chi connectivity index (χ0) is 16.3. The Morgan fingerprint density at radius 2 is 2.09 bits per heavy atom. The van der Waals surface area contributed by atoms with E-state index in [2.05, 4.69) is 4.72 Å². The molecule has 22 heavy (non-hydrogen) atoms. The highest BCUT2D eigenvalue weighted by atomic mass is 35.5. The normalized spacial score (nSPS) is 19.2. The number of amides is 1. The van der Waals surface area contributed by atoms with E-state index in [1.54, 1.807) is 17.0 Å². The Kier molecular flexibility index (Phi) is 5.71. The van der Waals surface area contributed by atoms with E-state index in [1.165, 1.54) is 6.07 Å². The predicted octanol–water partition coefficient (Wildman–Crippen LogP) is 2.54. The molecule has 2 rings (SSSR count). The van der Waals surface area contributed by atoms with Crippen molar-refractivity contribution in [2.45, 2.75) is 25.3 Å². The third kappa shape index (κ3) is 4.59.